The van der Waals surface area contributed by atoms with Gasteiger partial charge < -0.3 is 11.1 Å². The highest BCUT2D eigenvalue weighted by Gasteiger charge is 2.25. The van der Waals surface area contributed by atoms with E-state index in [-0.39, 0.29) is 5.91 Å². The number of likely N-dealkylation sites (tertiary alicyclic amines) is 1. The van der Waals surface area contributed by atoms with Gasteiger partial charge in [-0.05, 0) is 50.4 Å². The van der Waals surface area contributed by atoms with Crippen LogP contribution >= 0.6 is 11.6 Å². The first-order valence-corrected chi connectivity index (χ1v) is 7.46. The molecule has 0 aromatic heterocycles. The van der Waals surface area contributed by atoms with Gasteiger partial charge in [0.2, 0.25) is 5.91 Å². The van der Waals surface area contributed by atoms with Crippen LogP contribution in [0.2, 0.25) is 5.02 Å². The van der Waals surface area contributed by atoms with Crippen molar-refractivity contribution in [2.75, 3.05) is 25.0 Å². The van der Waals surface area contributed by atoms with Crippen molar-refractivity contribution >= 4 is 23.2 Å². The molecule has 1 aliphatic heterocycles. The number of carbonyl (C=O) groups is 1. The predicted molar refractivity (Wildman–Crippen MR) is 82.9 cm³/mol. The summed E-state index contributed by atoms with van der Waals surface area (Å²) in [6.07, 6.45) is 2.26. The number of benzene rings is 1. The van der Waals surface area contributed by atoms with Crippen molar-refractivity contribution < 1.29 is 4.79 Å². The first-order valence-electron chi connectivity index (χ1n) is 7.08. The van der Waals surface area contributed by atoms with E-state index < -0.39 is 0 Å². The molecule has 2 atom stereocenters. The van der Waals surface area contributed by atoms with Crippen LogP contribution in [-0.2, 0) is 4.79 Å². The second-order valence-electron chi connectivity index (χ2n) is 5.52. The number of carbonyl (C=O) groups excluding carboxylic acids is 1. The number of anilines is 1. The number of piperidine rings is 1. The van der Waals surface area contributed by atoms with Gasteiger partial charge in [-0.2, -0.15) is 0 Å². The molecule has 4 nitrogen and oxygen atoms in total. The molecular weight excluding hydrogens is 274 g/mol. The molecule has 0 spiro atoms. The lowest BCUT2D eigenvalue weighted by Crippen LogP contribution is -2.47. The van der Waals surface area contributed by atoms with Gasteiger partial charge in [0.05, 0.1) is 6.54 Å². The summed E-state index contributed by atoms with van der Waals surface area (Å²) in [5.41, 5.74) is 6.48. The molecule has 0 saturated carbocycles. The minimum atomic E-state index is -0.00297. The number of rotatable bonds is 4. The average Bonchev–Trinajstić information content (AvgIpc) is 2.41. The van der Waals surface area contributed by atoms with Crippen LogP contribution < -0.4 is 11.1 Å². The minimum Gasteiger partial charge on any atom is -0.330 e. The van der Waals surface area contributed by atoms with E-state index in [1.165, 1.54) is 0 Å². The lowest BCUT2D eigenvalue weighted by atomic mass is 9.93. The molecule has 1 aromatic rings. The summed E-state index contributed by atoms with van der Waals surface area (Å²) >= 11 is 5.91. The quantitative estimate of drug-likeness (QED) is 0.896. The van der Waals surface area contributed by atoms with Gasteiger partial charge in [-0.25, -0.2) is 0 Å². The number of nitrogens with one attached hydrogen (secondary N) is 1. The third-order valence-corrected chi connectivity index (χ3v) is 4.13. The molecule has 110 valence electrons. The Kier molecular flexibility index (Phi) is 5.40. The zero-order valence-electron chi connectivity index (χ0n) is 11.8. The summed E-state index contributed by atoms with van der Waals surface area (Å²) in [5, 5.41) is 3.51. The van der Waals surface area contributed by atoms with Crippen LogP contribution in [0.15, 0.2) is 24.3 Å². The second-order valence-corrected chi connectivity index (χ2v) is 5.95. The zero-order chi connectivity index (χ0) is 14.5. The molecular formula is C15H22ClN3O. The fourth-order valence-electron chi connectivity index (χ4n) is 2.63. The molecule has 1 aliphatic rings. The molecule has 3 N–H and O–H groups in total. The average molecular weight is 296 g/mol. The summed E-state index contributed by atoms with van der Waals surface area (Å²) in [7, 11) is 0. The van der Waals surface area contributed by atoms with E-state index in [2.05, 4.69) is 17.1 Å². The Morgan fingerprint density at radius 1 is 1.50 bits per heavy atom. The maximum absolute atomic E-state index is 12.1. The molecule has 1 heterocycles. The molecule has 1 fully saturated rings. The lowest BCUT2D eigenvalue weighted by molar-refractivity contribution is -0.118. The fourth-order valence-corrected chi connectivity index (χ4v) is 2.82. The van der Waals surface area contributed by atoms with Gasteiger partial charge in [0.25, 0.3) is 0 Å². The van der Waals surface area contributed by atoms with Gasteiger partial charge in [0.15, 0.2) is 0 Å². The summed E-state index contributed by atoms with van der Waals surface area (Å²) in [5.74, 6) is 0.502. The number of hydrogen-bond donors (Lipinski definition) is 2. The van der Waals surface area contributed by atoms with E-state index in [1.54, 1.807) is 12.1 Å². The van der Waals surface area contributed by atoms with Crippen LogP contribution in [0.5, 0.6) is 0 Å². The Labute approximate surface area is 125 Å². The standard InChI is InChI=1S/C15H22ClN3O/c1-11-5-6-12(8-17)9-19(11)10-15(20)18-14-4-2-3-13(16)7-14/h2-4,7,11-12H,5-6,8-10,17H2,1H3,(H,18,20). The molecule has 0 bridgehead atoms. The van der Waals surface area contributed by atoms with Crippen molar-refractivity contribution in [1.82, 2.24) is 4.90 Å². The molecule has 2 unspecified atom stereocenters. The molecule has 1 saturated heterocycles. The number of halogens is 1. The SMILES string of the molecule is CC1CCC(CN)CN1CC(=O)Nc1cccc(Cl)c1. The molecule has 0 aliphatic carbocycles. The summed E-state index contributed by atoms with van der Waals surface area (Å²) in [4.78, 5) is 14.3. The largest absolute Gasteiger partial charge is 0.330 e. The Bertz CT molecular complexity index is 466. The molecule has 20 heavy (non-hydrogen) atoms. The number of nitrogens with zero attached hydrogens (tertiary/aromatic N) is 1. The van der Waals surface area contributed by atoms with Gasteiger partial charge in [-0.3, -0.25) is 9.69 Å². The van der Waals surface area contributed by atoms with Crippen molar-refractivity contribution in [3.8, 4) is 0 Å². The fraction of sp³-hybridized carbons (Fsp3) is 0.533. The first-order chi connectivity index (χ1) is 9.58. The van der Waals surface area contributed by atoms with Crippen LogP contribution in [0.25, 0.3) is 0 Å². The third kappa shape index (κ3) is 4.20. The van der Waals surface area contributed by atoms with E-state index in [4.69, 9.17) is 17.3 Å². The lowest BCUT2D eigenvalue weighted by Gasteiger charge is -2.37. The third-order valence-electron chi connectivity index (χ3n) is 3.90. The minimum absolute atomic E-state index is 0.00297. The first kappa shape index (κ1) is 15.3. The van der Waals surface area contributed by atoms with Crippen molar-refractivity contribution in [3.63, 3.8) is 0 Å². The summed E-state index contributed by atoms with van der Waals surface area (Å²) < 4.78 is 0. The topological polar surface area (TPSA) is 58.4 Å². The molecule has 1 amide bonds. The molecule has 2 rings (SSSR count). The van der Waals surface area contributed by atoms with Crippen molar-refractivity contribution in [3.05, 3.63) is 29.3 Å². The highest BCUT2D eigenvalue weighted by Crippen LogP contribution is 2.21. The highest BCUT2D eigenvalue weighted by molar-refractivity contribution is 6.30. The van der Waals surface area contributed by atoms with Gasteiger partial charge in [-0.1, -0.05) is 17.7 Å². The van der Waals surface area contributed by atoms with E-state index in [0.29, 0.717) is 30.1 Å². The van der Waals surface area contributed by atoms with Crippen molar-refractivity contribution in [2.24, 2.45) is 11.7 Å². The van der Waals surface area contributed by atoms with Crippen LogP contribution in [0.4, 0.5) is 5.69 Å². The monoisotopic (exact) mass is 295 g/mol. The summed E-state index contributed by atoms with van der Waals surface area (Å²) in [6.45, 7) is 4.17. The van der Waals surface area contributed by atoms with Gasteiger partial charge in [0, 0.05) is 23.3 Å². The Morgan fingerprint density at radius 2 is 2.30 bits per heavy atom. The van der Waals surface area contributed by atoms with Gasteiger partial charge in [0.1, 0.15) is 0 Å². The molecule has 0 radical (unpaired) electrons. The highest BCUT2D eigenvalue weighted by atomic mass is 35.5. The maximum atomic E-state index is 12.1. The van der Waals surface area contributed by atoms with Crippen molar-refractivity contribution in [2.45, 2.75) is 25.8 Å². The summed E-state index contributed by atoms with van der Waals surface area (Å²) in [6, 6.07) is 7.64. The van der Waals surface area contributed by atoms with E-state index >= 15 is 0 Å². The predicted octanol–water partition coefficient (Wildman–Crippen LogP) is 2.34. The smallest absolute Gasteiger partial charge is 0.238 e. The number of amides is 1. The normalized spacial score (nSPS) is 23.6. The van der Waals surface area contributed by atoms with Crippen LogP contribution in [0, 0.1) is 5.92 Å². The Hall–Kier alpha value is -1.10. The van der Waals surface area contributed by atoms with Crippen LogP contribution in [0.1, 0.15) is 19.8 Å². The van der Waals surface area contributed by atoms with E-state index in [9.17, 15) is 4.79 Å². The van der Waals surface area contributed by atoms with Gasteiger partial charge >= 0.3 is 0 Å². The zero-order valence-corrected chi connectivity index (χ0v) is 12.6. The Morgan fingerprint density at radius 3 is 3.00 bits per heavy atom. The van der Waals surface area contributed by atoms with Gasteiger partial charge in [-0.15, -0.1) is 0 Å². The maximum Gasteiger partial charge on any atom is 0.238 e. The van der Waals surface area contributed by atoms with E-state index in [1.807, 2.05) is 12.1 Å². The van der Waals surface area contributed by atoms with E-state index in [0.717, 1.165) is 25.1 Å². The van der Waals surface area contributed by atoms with Crippen LogP contribution in [0.3, 0.4) is 0 Å². The number of nitrogens with two attached hydrogens (primary N) is 1. The second kappa shape index (κ2) is 7.07. The number of hydrogen-bond acceptors (Lipinski definition) is 3. The molecule has 5 heteroatoms. The molecule has 1 aromatic carbocycles. The van der Waals surface area contributed by atoms with Crippen LogP contribution in [-0.4, -0.2) is 36.5 Å². The van der Waals surface area contributed by atoms with Crippen molar-refractivity contribution in [1.29, 1.82) is 0 Å². The Balaban J connectivity index is 1.90.